The van der Waals surface area contributed by atoms with Gasteiger partial charge in [0.15, 0.2) is 0 Å². The number of carbonyl (C=O) groups excluding carboxylic acids is 1. The molecule has 0 aliphatic carbocycles. The normalized spacial score (nSPS) is 13.2. The molecule has 0 saturated carbocycles. The number of aliphatic carboxylic acids is 1. The van der Waals surface area contributed by atoms with Crippen LogP contribution >= 0.6 is 23.2 Å². The van der Waals surface area contributed by atoms with Crippen molar-refractivity contribution in [3.8, 4) is 11.3 Å². The van der Waals surface area contributed by atoms with Crippen LogP contribution in [0.3, 0.4) is 0 Å². The Morgan fingerprint density at radius 2 is 1.79 bits per heavy atom. The zero-order chi connectivity index (χ0) is 24.2. The maximum absolute atomic E-state index is 11.9. The van der Waals surface area contributed by atoms with E-state index in [2.05, 4.69) is 15.3 Å². The number of aromatic amines is 1. The molecule has 3 aromatic rings. The van der Waals surface area contributed by atoms with Crippen LogP contribution in [-0.4, -0.2) is 39.7 Å². The van der Waals surface area contributed by atoms with E-state index < -0.39 is 12.1 Å². The first-order chi connectivity index (χ1) is 15.6. The molecule has 33 heavy (non-hydrogen) atoms. The molecule has 6 nitrogen and oxygen atoms in total. The van der Waals surface area contributed by atoms with Crippen LogP contribution in [-0.2, 0) is 11.2 Å². The number of alkyl halides is 3. The summed E-state index contributed by atoms with van der Waals surface area (Å²) < 4.78 is 31.7. The summed E-state index contributed by atoms with van der Waals surface area (Å²) in [5, 5.41) is 11.2. The summed E-state index contributed by atoms with van der Waals surface area (Å²) >= 11 is 12.4. The zero-order valence-corrected chi connectivity index (χ0v) is 18.2. The quantitative estimate of drug-likeness (QED) is 0.446. The summed E-state index contributed by atoms with van der Waals surface area (Å²) in [7, 11) is 0. The summed E-state index contributed by atoms with van der Waals surface area (Å²) in [5.41, 5.74) is 5.08. The van der Waals surface area contributed by atoms with E-state index in [9.17, 15) is 18.0 Å². The van der Waals surface area contributed by atoms with Crippen LogP contribution in [0.15, 0.2) is 42.6 Å². The third kappa shape index (κ3) is 6.15. The number of carboxylic acids is 1. The number of carbonyl (C=O) groups is 2. The van der Waals surface area contributed by atoms with E-state index in [-0.39, 0.29) is 5.91 Å². The number of benzene rings is 1. The van der Waals surface area contributed by atoms with E-state index in [1.165, 1.54) is 0 Å². The molecule has 0 spiro atoms. The van der Waals surface area contributed by atoms with Gasteiger partial charge in [-0.25, -0.2) is 4.79 Å². The fourth-order valence-corrected chi connectivity index (χ4v) is 3.52. The molecular formula is C22H16Cl2F3N3O3. The Bertz CT molecular complexity index is 1200. The second kappa shape index (κ2) is 10.1. The minimum absolute atomic E-state index is 0.0312. The van der Waals surface area contributed by atoms with Crippen molar-refractivity contribution in [2.24, 2.45) is 0 Å². The van der Waals surface area contributed by atoms with Crippen LogP contribution in [0.4, 0.5) is 13.2 Å². The van der Waals surface area contributed by atoms with Gasteiger partial charge in [-0.05, 0) is 42.5 Å². The molecule has 0 unspecified atom stereocenters. The van der Waals surface area contributed by atoms with Crippen molar-refractivity contribution < 1.29 is 27.9 Å². The molecule has 0 atom stereocenters. The van der Waals surface area contributed by atoms with Crippen LogP contribution in [0.2, 0.25) is 10.0 Å². The fourth-order valence-electron chi connectivity index (χ4n) is 2.99. The van der Waals surface area contributed by atoms with Crippen LogP contribution < -0.4 is 5.32 Å². The Balaban J connectivity index is 0.000000383. The topological polar surface area (TPSA) is 95.1 Å². The molecule has 0 bridgehead atoms. The van der Waals surface area contributed by atoms with Gasteiger partial charge >= 0.3 is 12.1 Å². The van der Waals surface area contributed by atoms with Crippen LogP contribution in [0.5, 0.6) is 0 Å². The summed E-state index contributed by atoms with van der Waals surface area (Å²) in [6.07, 6.45) is 1.18. The van der Waals surface area contributed by atoms with E-state index in [1.54, 1.807) is 18.3 Å². The first-order valence-corrected chi connectivity index (χ1v) is 10.2. The number of pyridine rings is 1. The van der Waals surface area contributed by atoms with Crippen LogP contribution in [0.25, 0.3) is 23.4 Å². The van der Waals surface area contributed by atoms with Gasteiger partial charge in [0.1, 0.15) is 0 Å². The smallest absolute Gasteiger partial charge is 0.475 e. The van der Waals surface area contributed by atoms with E-state index >= 15 is 0 Å². The van der Waals surface area contributed by atoms with E-state index in [0.29, 0.717) is 22.2 Å². The van der Waals surface area contributed by atoms with Crippen LogP contribution in [0.1, 0.15) is 27.3 Å². The number of carboxylic acid groups (broad SMARTS) is 1. The fraction of sp³-hybridized carbons (Fsp3) is 0.136. The Hall–Kier alpha value is -3.30. The highest BCUT2D eigenvalue weighted by Crippen LogP contribution is 2.27. The molecule has 0 fully saturated rings. The zero-order valence-electron chi connectivity index (χ0n) is 16.7. The number of hydrogen-bond donors (Lipinski definition) is 3. The van der Waals surface area contributed by atoms with Crippen molar-refractivity contribution in [3.63, 3.8) is 0 Å². The second-order valence-corrected chi connectivity index (χ2v) is 7.64. The molecule has 1 aliphatic rings. The van der Waals surface area contributed by atoms with Crippen molar-refractivity contribution in [1.29, 1.82) is 0 Å². The van der Waals surface area contributed by atoms with Crippen LogP contribution in [0, 0.1) is 0 Å². The average Bonchev–Trinajstić information content (AvgIpc) is 3.19. The molecule has 1 amide bonds. The molecule has 0 saturated heterocycles. The highest BCUT2D eigenvalue weighted by molar-refractivity contribution is 6.37. The molecule has 4 rings (SSSR count). The first kappa shape index (κ1) is 24.3. The Labute approximate surface area is 196 Å². The van der Waals surface area contributed by atoms with E-state index in [1.807, 2.05) is 36.4 Å². The van der Waals surface area contributed by atoms with E-state index in [4.69, 9.17) is 33.1 Å². The van der Waals surface area contributed by atoms with Crippen molar-refractivity contribution in [2.75, 3.05) is 6.54 Å². The predicted octanol–water partition coefficient (Wildman–Crippen LogP) is 5.47. The maximum atomic E-state index is 11.9. The molecule has 172 valence electrons. The van der Waals surface area contributed by atoms with Crippen molar-refractivity contribution in [1.82, 2.24) is 15.3 Å². The number of fused-ring (bicyclic) bond motifs is 1. The number of nitrogens with one attached hydrogen (secondary N) is 2. The molecule has 1 aromatic carbocycles. The minimum Gasteiger partial charge on any atom is -0.475 e. The van der Waals surface area contributed by atoms with Crippen molar-refractivity contribution >= 4 is 47.2 Å². The maximum Gasteiger partial charge on any atom is 0.490 e. The lowest BCUT2D eigenvalue weighted by Gasteiger charge is -2.10. The van der Waals surface area contributed by atoms with Gasteiger partial charge in [-0.1, -0.05) is 29.3 Å². The predicted molar refractivity (Wildman–Crippen MR) is 119 cm³/mol. The molecule has 0 radical (unpaired) electrons. The average molecular weight is 498 g/mol. The highest BCUT2D eigenvalue weighted by Gasteiger charge is 2.38. The van der Waals surface area contributed by atoms with Crippen molar-refractivity contribution in [3.05, 3.63) is 75.2 Å². The van der Waals surface area contributed by atoms with Gasteiger partial charge in [-0.15, -0.1) is 0 Å². The van der Waals surface area contributed by atoms with Gasteiger partial charge in [0.2, 0.25) is 0 Å². The number of halogens is 5. The molecule has 11 heteroatoms. The number of rotatable bonds is 3. The lowest BCUT2D eigenvalue weighted by Crippen LogP contribution is -2.31. The second-order valence-electron chi connectivity index (χ2n) is 6.82. The summed E-state index contributed by atoms with van der Waals surface area (Å²) in [4.78, 5) is 28.6. The monoisotopic (exact) mass is 497 g/mol. The largest absolute Gasteiger partial charge is 0.490 e. The van der Waals surface area contributed by atoms with Crippen molar-refractivity contribution in [2.45, 2.75) is 12.6 Å². The summed E-state index contributed by atoms with van der Waals surface area (Å²) in [6.45, 7) is 0.661. The lowest BCUT2D eigenvalue weighted by molar-refractivity contribution is -0.192. The van der Waals surface area contributed by atoms with Gasteiger partial charge < -0.3 is 15.4 Å². The Morgan fingerprint density at radius 1 is 1.12 bits per heavy atom. The molecule has 3 N–H and O–H groups in total. The lowest BCUT2D eigenvalue weighted by atomic mass is 10.1. The van der Waals surface area contributed by atoms with Gasteiger partial charge in [0, 0.05) is 51.7 Å². The summed E-state index contributed by atoms with van der Waals surface area (Å²) in [5.74, 6) is -2.79. The number of H-pyrrole nitrogens is 1. The minimum atomic E-state index is -5.08. The third-order valence-corrected chi connectivity index (χ3v) is 5.22. The number of nitrogens with zero attached hydrogens (tertiary/aromatic N) is 1. The van der Waals surface area contributed by atoms with Gasteiger partial charge in [-0.3, -0.25) is 9.78 Å². The Kier molecular flexibility index (Phi) is 7.45. The standard InChI is InChI=1S/C20H15Cl2N3O.C2HF3O2/c21-16-2-1-3-17(22)14(16)5-4-13-10-12(6-8-23-13)19-11-15-18(25-19)7-9-24-20(15)26;3-2(4,5)1(6)7/h1-6,8,10-11,25H,7,9H2,(H,24,26);(H,6,7)/b5-4+;. The summed E-state index contributed by atoms with van der Waals surface area (Å²) in [6, 6.07) is 11.2. The van der Waals surface area contributed by atoms with Gasteiger partial charge in [-0.2, -0.15) is 13.2 Å². The third-order valence-electron chi connectivity index (χ3n) is 4.56. The Morgan fingerprint density at radius 3 is 2.39 bits per heavy atom. The highest BCUT2D eigenvalue weighted by atomic mass is 35.5. The van der Waals surface area contributed by atoms with E-state index in [0.717, 1.165) is 34.6 Å². The first-order valence-electron chi connectivity index (χ1n) is 9.45. The van der Waals surface area contributed by atoms with Gasteiger partial charge in [0.25, 0.3) is 5.91 Å². The molecule has 1 aliphatic heterocycles. The molecular weight excluding hydrogens is 482 g/mol. The SMILES string of the molecule is O=C(O)C(F)(F)F.O=C1NCCc2[nH]c(-c3ccnc(/C=C/c4c(Cl)cccc4Cl)c3)cc21. The molecule has 3 heterocycles. The van der Waals surface area contributed by atoms with Gasteiger partial charge in [0.05, 0.1) is 11.3 Å². The number of amides is 1. The molecule has 2 aromatic heterocycles. The number of hydrogen-bond acceptors (Lipinski definition) is 3. The number of aromatic nitrogens is 2.